The Morgan fingerprint density at radius 1 is 0.347 bits per heavy atom. The zero-order chi connectivity index (χ0) is 43.6. The predicted octanol–water partition coefficient (Wildman–Crippen LogP) is 13.7. The van der Waals surface area contributed by atoms with E-state index in [9.17, 15) is 5.48 Å². The van der Waals surface area contributed by atoms with Gasteiger partial charge in [-0.25, -0.2) is 0 Å². The van der Waals surface area contributed by atoms with Crippen LogP contribution in [0, 0.1) is 0 Å². The molecule has 228 valence electrons. The highest BCUT2D eigenvalue weighted by Gasteiger charge is 2.20. The molecule has 9 aromatic carbocycles. The summed E-state index contributed by atoms with van der Waals surface area (Å²) in [4.78, 5) is 0. The van der Waals surface area contributed by atoms with Crippen LogP contribution in [0.3, 0.4) is 0 Å². The third-order valence-electron chi connectivity index (χ3n) is 9.12. The monoisotopic (exact) mass is 635 g/mol. The van der Waals surface area contributed by atoms with E-state index >= 15 is 0 Å². The zero-order valence-electron chi connectivity index (χ0n) is 38.7. The number of rotatable bonds is 4. The number of hydrogen-bond acceptors (Lipinski definition) is 1. The van der Waals surface area contributed by atoms with Crippen LogP contribution in [0.25, 0.3) is 98.8 Å². The molecule has 0 bridgehead atoms. The van der Waals surface area contributed by atoms with Crippen molar-refractivity contribution in [1.29, 1.82) is 0 Å². The Balaban J connectivity index is 1.29. The summed E-state index contributed by atoms with van der Waals surface area (Å²) in [5.41, 5.74) is 1.77. The molecule has 1 heteroatoms. The van der Waals surface area contributed by atoms with Crippen LogP contribution < -0.4 is 0 Å². The van der Waals surface area contributed by atoms with Crippen molar-refractivity contribution < 1.29 is 22.2 Å². The molecule has 0 unspecified atom stereocenters. The third-order valence-corrected chi connectivity index (χ3v) is 9.12. The van der Waals surface area contributed by atoms with Crippen LogP contribution in [-0.2, 0) is 0 Å². The van der Waals surface area contributed by atoms with E-state index in [2.05, 4.69) is 18.2 Å². The van der Waals surface area contributed by atoms with Gasteiger partial charge in [0.05, 0.1) is 17.8 Å². The van der Waals surface area contributed by atoms with E-state index in [-0.39, 0.29) is 11.1 Å². The van der Waals surface area contributed by atoms with Crippen molar-refractivity contribution in [3.63, 3.8) is 0 Å². The van der Waals surface area contributed by atoms with E-state index in [1.807, 2.05) is 84.9 Å². The van der Waals surface area contributed by atoms with Gasteiger partial charge >= 0.3 is 0 Å². The average molecular weight is 636 g/mol. The Morgan fingerprint density at radius 2 is 0.878 bits per heavy atom. The quantitative estimate of drug-likeness (QED) is 0.175. The van der Waals surface area contributed by atoms with Gasteiger partial charge in [-0.2, -0.15) is 0 Å². The summed E-state index contributed by atoms with van der Waals surface area (Å²) in [5, 5.41) is 6.68. The Kier molecular flexibility index (Phi) is 3.99. The van der Waals surface area contributed by atoms with Crippen LogP contribution in [0.4, 0.5) is 0 Å². The molecule has 0 atom stereocenters. The van der Waals surface area contributed by atoms with E-state index in [4.69, 9.17) is 16.8 Å². The SMILES string of the molecule is [2H]c1c([2H])c([2H])c(-c2c([2H])c([2H])c(-c3c([2H])c([2H])c([2H])c([2H])c3-c3c4ccccc4c(-c4ccc5oc6cc7ccccc7cc6c5c4)c4ccccc34)c([2H])c2[2H])c([2H])c1[2H]. The maximum Gasteiger partial charge on any atom is 0.136 e. The molecule has 0 radical (unpaired) electrons. The highest BCUT2D eigenvalue weighted by Crippen LogP contribution is 2.47. The average Bonchev–Trinajstić information content (AvgIpc) is 3.64. The lowest BCUT2D eigenvalue weighted by Crippen LogP contribution is -1.92. The first-order chi connectivity index (χ1) is 29.7. The third kappa shape index (κ3) is 4.47. The second-order valence-electron chi connectivity index (χ2n) is 11.8. The van der Waals surface area contributed by atoms with Crippen LogP contribution in [0.5, 0.6) is 0 Å². The van der Waals surface area contributed by atoms with E-state index in [0.29, 0.717) is 21.9 Å². The van der Waals surface area contributed by atoms with Gasteiger partial charge in [0, 0.05) is 10.8 Å². The summed E-state index contributed by atoms with van der Waals surface area (Å²) < 4.78 is 121. The molecular weight excluding hydrogens is 593 g/mol. The predicted molar refractivity (Wildman–Crippen MR) is 208 cm³/mol. The van der Waals surface area contributed by atoms with Crippen LogP contribution in [0.1, 0.15) is 17.8 Å². The van der Waals surface area contributed by atoms with E-state index < -0.39 is 95.2 Å². The minimum Gasteiger partial charge on any atom is -0.456 e. The number of benzene rings is 9. The minimum absolute atomic E-state index is 0.0468. The first kappa shape index (κ1) is 17.6. The summed E-state index contributed by atoms with van der Waals surface area (Å²) in [6, 6.07) is 24.5. The highest BCUT2D eigenvalue weighted by atomic mass is 16.3. The van der Waals surface area contributed by atoms with Crippen molar-refractivity contribution in [2.24, 2.45) is 0 Å². The molecule has 0 spiro atoms. The molecule has 10 aromatic rings. The summed E-state index contributed by atoms with van der Waals surface area (Å²) >= 11 is 0. The molecule has 0 amide bonds. The number of fused-ring (bicyclic) bond motifs is 6. The van der Waals surface area contributed by atoms with Gasteiger partial charge in [-0.1, -0.05) is 157 Å². The molecule has 0 N–H and O–H groups in total. The van der Waals surface area contributed by atoms with Crippen molar-refractivity contribution in [3.8, 4) is 44.5 Å². The van der Waals surface area contributed by atoms with Crippen molar-refractivity contribution in [2.45, 2.75) is 0 Å². The molecular formula is C48H30O. The zero-order valence-corrected chi connectivity index (χ0v) is 25.7. The van der Waals surface area contributed by atoms with Gasteiger partial charge in [-0.3, -0.25) is 0 Å². The van der Waals surface area contributed by atoms with Gasteiger partial charge in [0.2, 0.25) is 0 Å². The van der Waals surface area contributed by atoms with Crippen LogP contribution >= 0.6 is 0 Å². The molecule has 1 heterocycles. The normalized spacial score (nSPS) is 15.4. The summed E-state index contributed by atoms with van der Waals surface area (Å²) in [7, 11) is 0. The fourth-order valence-electron chi connectivity index (χ4n) is 6.95. The lowest BCUT2D eigenvalue weighted by atomic mass is 9.83. The molecule has 1 aromatic heterocycles. The van der Waals surface area contributed by atoms with Gasteiger partial charge in [-0.05, 0) is 101 Å². The van der Waals surface area contributed by atoms with Gasteiger partial charge in [0.1, 0.15) is 11.2 Å². The fourth-order valence-corrected chi connectivity index (χ4v) is 6.95. The summed E-state index contributed by atoms with van der Waals surface area (Å²) in [5.74, 6) is 0. The van der Waals surface area contributed by atoms with Crippen LogP contribution in [-0.4, -0.2) is 0 Å². The molecule has 0 saturated carbocycles. The first-order valence-electron chi connectivity index (χ1n) is 22.3. The van der Waals surface area contributed by atoms with Crippen LogP contribution in [0.15, 0.2) is 186 Å². The standard InChI is InChI=1S/C48H30O/c1-2-12-31(13-3-1)32-22-24-33(25-23-32)37-16-6-7-17-38(37)48-41-20-10-8-18-39(41)47(40-19-9-11-21-42(40)48)36-26-27-45-43(29-36)44-28-34-14-4-5-15-35(34)30-46(44)49-45/h1-30H/i1D,2D,3D,6D,7D,12D,13D,16D,17D,22D,23D,24D,25D. The van der Waals surface area contributed by atoms with Gasteiger partial charge < -0.3 is 4.42 Å². The second-order valence-corrected chi connectivity index (χ2v) is 11.8. The topological polar surface area (TPSA) is 13.1 Å². The number of hydrogen-bond donors (Lipinski definition) is 0. The van der Waals surface area contributed by atoms with Gasteiger partial charge in [0.25, 0.3) is 0 Å². The molecule has 0 aliphatic carbocycles. The molecule has 0 fully saturated rings. The first-order valence-corrected chi connectivity index (χ1v) is 15.8. The summed E-state index contributed by atoms with van der Waals surface area (Å²) in [6.45, 7) is 0. The maximum absolute atomic E-state index is 9.46. The van der Waals surface area contributed by atoms with Gasteiger partial charge in [-0.15, -0.1) is 0 Å². The minimum atomic E-state index is -0.738. The smallest absolute Gasteiger partial charge is 0.136 e. The van der Waals surface area contributed by atoms with Crippen molar-refractivity contribution >= 4 is 54.3 Å². The molecule has 1 nitrogen and oxygen atoms in total. The molecule has 0 aliphatic heterocycles. The second kappa shape index (κ2) is 11.1. The van der Waals surface area contributed by atoms with Crippen molar-refractivity contribution in [1.82, 2.24) is 0 Å². The Hall–Kier alpha value is -6.44. The fraction of sp³-hybridized carbons (Fsp3) is 0. The molecule has 10 rings (SSSR count). The van der Waals surface area contributed by atoms with Gasteiger partial charge in [0.15, 0.2) is 0 Å². The lowest BCUT2D eigenvalue weighted by Gasteiger charge is -2.20. The Morgan fingerprint density at radius 3 is 1.57 bits per heavy atom. The Bertz CT molecular complexity index is 3510. The number of furan rings is 1. The maximum atomic E-state index is 9.46. The van der Waals surface area contributed by atoms with Crippen LogP contribution in [0.2, 0.25) is 0 Å². The van der Waals surface area contributed by atoms with Crippen molar-refractivity contribution in [3.05, 3.63) is 182 Å². The van der Waals surface area contributed by atoms with E-state index in [1.54, 1.807) is 0 Å². The molecule has 0 aliphatic rings. The molecule has 0 saturated heterocycles. The highest BCUT2D eigenvalue weighted by molar-refractivity contribution is 6.23. The van der Waals surface area contributed by atoms with E-state index in [0.717, 1.165) is 49.0 Å². The van der Waals surface area contributed by atoms with E-state index in [1.165, 1.54) is 0 Å². The largest absolute Gasteiger partial charge is 0.456 e. The lowest BCUT2D eigenvalue weighted by molar-refractivity contribution is 0.669. The Labute approximate surface area is 302 Å². The van der Waals surface area contributed by atoms with Crippen molar-refractivity contribution in [2.75, 3.05) is 0 Å². The molecule has 49 heavy (non-hydrogen) atoms. The summed E-state index contributed by atoms with van der Waals surface area (Å²) in [6.07, 6.45) is 0.